The van der Waals surface area contributed by atoms with Gasteiger partial charge in [-0.25, -0.2) is 13.1 Å². The van der Waals surface area contributed by atoms with Gasteiger partial charge in [-0.05, 0) is 44.5 Å². The molecule has 0 aliphatic carbocycles. The Morgan fingerprint density at radius 2 is 1.76 bits per heavy atom. The van der Waals surface area contributed by atoms with Crippen LogP contribution in [0.2, 0.25) is 0 Å². The van der Waals surface area contributed by atoms with E-state index in [1.165, 1.54) is 0 Å². The summed E-state index contributed by atoms with van der Waals surface area (Å²) in [6.45, 7) is 3.29. The molecule has 0 aliphatic heterocycles. The van der Waals surface area contributed by atoms with E-state index in [0.29, 0.717) is 66.3 Å². The Kier molecular flexibility index (Phi) is 8.44. The molecule has 1 aromatic heterocycles. The molecule has 6 N–H and O–H groups in total. The minimum atomic E-state index is -4.78. The van der Waals surface area contributed by atoms with Crippen molar-refractivity contribution in [2.24, 2.45) is 11.5 Å². The van der Waals surface area contributed by atoms with E-state index < -0.39 is 23.9 Å². The molecule has 13 heteroatoms. The zero-order valence-corrected chi connectivity index (χ0v) is 18.4. The van der Waals surface area contributed by atoms with E-state index in [4.69, 9.17) is 25.8 Å². The third-order valence-corrected chi connectivity index (χ3v) is 7.92. The lowest BCUT2D eigenvalue weighted by Crippen LogP contribution is -2.27. The first-order valence-corrected chi connectivity index (χ1v) is 12.9. The van der Waals surface area contributed by atoms with Crippen LogP contribution in [0.3, 0.4) is 0 Å². The third kappa shape index (κ3) is 6.63. The quantitative estimate of drug-likeness (QED) is 0.256. The summed E-state index contributed by atoms with van der Waals surface area (Å²) in [5, 5.41) is 0.638. The fraction of sp³-hybridized carbons (Fsp3) is 0.500. The van der Waals surface area contributed by atoms with E-state index >= 15 is 0 Å². The maximum Gasteiger partial charge on any atom is 1.00 e. The minimum Gasteiger partial charge on any atom is -0.778 e. The topological polar surface area (TPSA) is 177 Å². The Morgan fingerprint density at radius 1 is 1.21 bits per heavy atom. The zero-order valence-electron chi connectivity index (χ0n) is 16.9. The molecule has 0 spiro atoms. The van der Waals surface area contributed by atoms with Gasteiger partial charge in [0.05, 0.1) is 19.5 Å². The average Bonchev–Trinajstić information content (AvgIpc) is 2.97. The number of aryl methyl sites for hydroxylation is 1. The van der Waals surface area contributed by atoms with Crippen molar-refractivity contribution in [2.75, 3.05) is 32.6 Å². The second-order valence-electron chi connectivity index (χ2n) is 6.23. The van der Waals surface area contributed by atoms with Gasteiger partial charge in [-0.2, -0.15) is 0 Å². The first-order valence-electron chi connectivity index (χ1n) is 8.84. The molecule has 0 saturated heterocycles. The normalized spacial score (nSPS) is 14.1. The number of hydrogen-bond acceptors (Lipinski definition) is 9. The van der Waals surface area contributed by atoms with E-state index in [2.05, 4.69) is 0 Å². The number of thiophene rings is 1. The summed E-state index contributed by atoms with van der Waals surface area (Å²) in [6, 6.07) is 3.38. The average molecular weight is 468 g/mol. The van der Waals surface area contributed by atoms with Gasteiger partial charge < -0.3 is 35.3 Å². The van der Waals surface area contributed by atoms with Crippen LogP contribution in [-0.2, 0) is 14.6 Å². The van der Waals surface area contributed by atoms with Crippen LogP contribution in [-0.4, -0.2) is 45.9 Å². The standard InChI is InChI=1S/C16H26N3O7PS2/c1-11-12-8-13(25-6-2-4-17)14(26-7-3-5-18)9-15(12)28-16(11)29(23,24)19-10-27(20,21)22/h8-9,19H,2-7,10,17-18H2,1H3,(H2,20,21,22). The molecule has 1 aromatic carbocycles. The molecule has 0 radical (unpaired) electrons. The van der Waals surface area contributed by atoms with Crippen LogP contribution in [0.4, 0.5) is 0 Å². The van der Waals surface area contributed by atoms with Crippen molar-refractivity contribution in [2.45, 2.75) is 24.0 Å². The van der Waals surface area contributed by atoms with Gasteiger partial charge in [-0.1, -0.05) is 0 Å². The van der Waals surface area contributed by atoms with Crippen molar-refractivity contribution in [1.82, 2.24) is 4.72 Å². The maximum atomic E-state index is 12.5. The van der Waals surface area contributed by atoms with Gasteiger partial charge in [-0.15, -0.1) is 11.3 Å². The lowest BCUT2D eigenvalue weighted by atomic mass is 10.2. The third-order valence-electron chi connectivity index (χ3n) is 3.87. The molecular formula is C16H26N3O7PS2. The molecule has 10 nitrogen and oxygen atoms in total. The molecule has 0 fully saturated rings. The van der Waals surface area contributed by atoms with Crippen LogP contribution in [0.5, 0.6) is 11.5 Å². The van der Waals surface area contributed by atoms with E-state index in [-0.39, 0.29) is 5.64 Å². The molecule has 2 rings (SSSR count). The van der Waals surface area contributed by atoms with E-state index in [1.807, 2.05) is 4.72 Å². The molecular weight excluding hydrogens is 441 g/mol. The van der Waals surface area contributed by atoms with E-state index in [0.717, 1.165) is 11.3 Å². The van der Waals surface area contributed by atoms with Crippen molar-refractivity contribution >= 4 is 39.0 Å². The Balaban J connectivity index is 0.00000450. The molecule has 0 amide bonds. The van der Waals surface area contributed by atoms with Gasteiger partial charge in [0.2, 0.25) is 0 Å². The summed E-state index contributed by atoms with van der Waals surface area (Å²) >= 11 is 0.968. The Bertz CT molecular complexity index is 994. The summed E-state index contributed by atoms with van der Waals surface area (Å²) in [5.74, 6) is 0.917. The predicted octanol–water partition coefficient (Wildman–Crippen LogP) is 0.559. The molecule has 0 aliphatic rings. The lowest BCUT2D eigenvalue weighted by Gasteiger charge is -2.15. The lowest BCUT2D eigenvalue weighted by molar-refractivity contribution is -0.193. The monoisotopic (exact) mass is 467 g/mol. The Labute approximate surface area is 174 Å². The van der Waals surface area contributed by atoms with Crippen molar-refractivity contribution in [3.63, 3.8) is 0 Å². The SMILES string of the molecule is Cc1c(S(=O)(=O)NCP(=O)([O-])O)sc2cc(OCCCN)c(OCCCN)cc12.[H+]. The van der Waals surface area contributed by atoms with Gasteiger partial charge in [-0.3, -0.25) is 0 Å². The van der Waals surface area contributed by atoms with Gasteiger partial charge in [0.25, 0.3) is 10.0 Å². The van der Waals surface area contributed by atoms with Crippen LogP contribution in [0.1, 0.15) is 19.8 Å². The number of nitrogens with two attached hydrogens (primary N) is 2. The van der Waals surface area contributed by atoms with Crippen LogP contribution >= 0.6 is 18.9 Å². The van der Waals surface area contributed by atoms with Gasteiger partial charge in [0.1, 0.15) is 11.8 Å². The van der Waals surface area contributed by atoms with Crippen molar-refractivity contribution in [3.8, 4) is 11.5 Å². The van der Waals surface area contributed by atoms with Crippen LogP contribution in [0, 0.1) is 6.92 Å². The molecule has 1 unspecified atom stereocenters. The Hall–Kier alpha value is -1.24. The Morgan fingerprint density at radius 3 is 2.28 bits per heavy atom. The highest BCUT2D eigenvalue weighted by Gasteiger charge is 2.24. The highest BCUT2D eigenvalue weighted by molar-refractivity contribution is 7.92. The number of ether oxygens (including phenoxy) is 2. The molecule has 1 atom stereocenters. The minimum absolute atomic E-state index is 0. The van der Waals surface area contributed by atoms with E-state index in [1.54, 1.807) is 19.1 Å². The van der Waals surface area contributed by atoms with Crippen LogP contribution < -0.4 is 30.6 Å². The molecule has 1 heterocycles. The molecule has 2 aromatic rings. The largest absolute Gasteiger partial charge is 1.00 e. The highest BCUT2D eigenvalue weighted by atomic mass is 32.2. The number of benzene rings is 1. The molecule has 0 saturated carbocycles. The number of fused-ring (bicyclic) bond motifs is 1. The number of hydrogen-bond donors (Lipinski definition) is 4. The van der Waals surface area contributed by atoms with Crippen molar-refractivity contribution < 1.29 is 33.7 Å². The van der Waals surface area contributed by atoms with E-state index in [9.17, 15) is 17.9 Å². The fourth-order valence-electron chi connectivity index (χ4n) is 2.45. The van der Waals surface area contributed by atoms with Crippen molar-refractivity contribution in [1.29, 1.82) is 0 Å². The summed E-state index contributed by atoms with van der Waals surface area (Å²) in [4.78, 5) is 19.8. The van der Waals surface area contributed by atoms with Crippen LogP contribution in [0.15, 0.2) is 16.3 Å². The summed E-state index contributed by atoms with van der Waals surface area (Å²) in [7, 11) is -8.91. The number of nitrogens with one attached hydrogen (secondary N) is 1. The maximum absolute atomic E-state index is 12.5. The first kappa shape index (κ1) is 24.0. The predicted molar refractivity (Wildman–Crippen MR) is 111 cm³/mol. The molecule has 164 valence electrons. The second-order valence-corrected chi connectivity index (χ2v) is 10.8. The smallest absolute Gasteiger partial charge is 0.778 e. The highest BCUT2D eigenvalue weighted by Crippen LogP contribution is 2.41. The van der Waals surface area contributed by atoms with Gasteiger partial charge >= 0.3 is 1.43 Å². The van der Waals surface area contributed by atoms with Crippen LogP contribution in [0.25, 0.3) is 10.1 Å². The molecule has 29 heavy (non-hydrogen) atoms. The first-order chi connectivity index (χ1) is 13.6. The summed E-state index contributed by atoms with van der Waals surface area (Å²) in [5.41, 5.74) is 11.4. The molecule has 0 bridgehead atoms. The number of rotatable bonds is 12. The fourth-order valence-corrected chi connectivity index (χ4v) is 6.26. The second kappa shape index (κ2) is 10.2. The van der Waals surface area contributed by atoms with Gasteiger partial charge in [0.15, 0.2) is 11.5 Å². The zero-order chi connectivity index (χ0) is 21.7. The number of sulfonamides is 1. The van der Waals surface area contributed by atoms with Gasteiger partial charge in [0, 0.05) is 16.2 Å². The summed E-state index contributed by atoms with van der Waals surface area (Å²) < 4.78 is 49.9. The summed E-state index contributed by atoms with van der Waals surface area (Å²) in [6.07, 6.45) is 0.205. The van der Waals surface area contributed by atoms with Crippen molar-refractivity contribution in [3.05, 3.63) is 17.7 Å².